The smallest absolute Gasteiger partial charge is 0.275 e. The molecule has 0 atom stereocenters. The van der Waals surface area contributed by atoms with Crippen molar-refractivity contribution in [2.24, 2.45) is 0 Å². The Hall–Kier alpha value is -3.94. The van der Waals surface area contributed by atoms with E-state index in [0.29, 0.717) is 23.7 Å². The van der Waals surface area contributed by atoms with Gasteiger partial charge >= 0.3 is 0 Å². The Bertz CT molecular complexity index is 988. The molecule has 8 heteroatoms. The van der Waals surface area contributed by atoms with Crippen molar-refractivity contribution in [3.8, 4) is 5.75 Å². The van der Waals surface area contributed by atoms with Crippen LogP contribution >= 0.6 is 0 Å². The zero-order chi connectivity index (χ0) is 20.6. The number of rotatable bonds is 7. The second-order valence-electron chi connectivity index (χ2n) is 6.20. The highest BCUT2D eigenvalue weighted by molar-refractivity contribution is 6.03. The molecule has 0 fully saturated rings. The van der Waals surface area contributed by atoms with Crippen molar-refractivity contribution in [2.45, 2.75) is 13.5 Å². The van der Waals surface area contributed by atoms with Gasteiger partial charge in [-0.1, -0.05) is 18.2 Å². The maximum Gasteiger partial charge on any atom is 0.275 e. The Morgan fingerprint density at radius 3 is 2.31 bits per heavy atom. The number of ether oxygens (including phenoxy) is 1. The van der Waals surface area contributed by atoms with Gasteiger partial charge in [-0.15, -0.1) is 0 Å². The molecule has 2 amide bonds. The van der Waals surface area contributed by atoms with Gasteiger partial charge in [-0.2, -0.15) is 0 Å². The summed E-state index contributed by atoms with van der Waals surface area (Å²) in [4.78, 5) is 31.9. The van der Waals surface area contributed by atoms with Gasteiger partial charge < -0.3 is 20.7 Å². The minimum atomic E-state index is -0.390. The SMILES string of the molecule is COc1ccc(CNc2cnc(C(=O)Nc3cccc(NC(C)=O)c3)cn2)cc1. The van der Waals surface area contributed by atoms with Crippen LogP contribution in [0.4, 0.5) is 17.2 Å². The number of hydrogen-bond acceptors (Lipinski definition) is 6. The van der Waals surface area contributed by atoms with Crippen LogP contribution in [-0.4, -0.2) is 28.9 Å². The topological polar surface area (TPSA) is 105 Å². The number of carbonyl (C=O) groups is 2. The van der Waals surface area contributed by atoms with Crippen LogP contribution in [0.15, 0.2) is 60.9 Å². The van der Waals surface area contributed by atoms with Crippen LogP contribution < -0.4 is 20.7 Å². The first-order valence-electron chi connectivity index (χ1n) is 8.91. The summed E-state index contributed by atoms with van der Waals surface area (Å²) in [6.45, 7) is 1.99. The molecule has 3 N–H and O–H groups in total. The summed E-state index contributed by atoms with van der Waals surface area (Å²) in [5.74, 6) is 0.785. The Morgan fingerprint density at radius 1 is 0.966 bits per heavy atom. The summed E-state index contributed by atoms with van der Waals surface area (Å²) >= 11 is 0. The van der Waals surface area contributed by atoms with Crippen LogP contribution in [0.5, 0.6) is 5.75 Å². The average molecular weight is 391 g/mol. The van der Waals surface area contributed by atoms with Gasteiger partial charge in [0.2, 0.25) is 5.91 Å². The Morgan fingerprint density at radius 2 is 1.69 bits per heavy atom. The van der Waals surface area contributed by atoms with Crippen molar-refractivity contribution in [3.05, 3.63) is 72.2 Å². The van der Waals surface area contributed by atoms with Crippen LogP contribution in [0.2, 0.25) is 0 Å². The number of nitrogens with zero attached hydrogens (tertiary/aromatic N) is 2. The van der Waals surface area contributed by atoms with Crippen LogP contribution in [0.3, 0.4) is 0 Å². The molecule has 0 aliphatic heterocycles. The lowest BCUT2D eigenvalue weighted by molar-refractivity contribution is -0.114. The van der Waals surface area contributed by atoms with Crippen molar-refractivity contribution in [3.63, 3.8) is 0 Å². The van der Waals surface area contributed by atoms with Gasteiger partial charge in [-0.05, 0) is 35.9 Å². The first kappa shape index (κ1) is 19.8. The number of benzene rings is 2. The van der Waals surface area contributed by atoms with Gasteiger partial charge in [0.05, 0.1) is 19.5 Å². The molecule has 1 aromatic heterocycles. The quantitative estimate of drug-likeness (QED) is 0.571. The van der Waals surface area contributed by atoms with Gasteiger partial charge in [0.25, 0.3) is 5.91 Å². The monoisotopic (exact) mass is 391 g/mol. The summed E-state index contributed by atoms with van der Waals surface area (Å²) in [6.07, 6.45) is 2.91. The van der Waals surface area contributed by atoms with Crippen LogP contribution in [0.25, 0.3) is 0 Å². The van der Waals surface area contributed by atoms with Crippen LogP contribution in [0, 0.1) is 0 Å². The minimum absolute atomic E-state index is 0.183. The van der Waals surface area contributed by atoms with E-state index in [-0.39, 0.29) is 17.5 Å². The fourth-order valence-electron chi connectivity index (χ4n) is 2.55. The van der Waals surface area contributed by atoms with Gasteiger partial charge in [0.1, 0.15) is 17.3 Å². The van der Waals surface area contributed by atoms with Gasteiger partial charge in [-0.3, -0.25) is 9.59 Å². The Labute approximate surface area is 168 Å². The van der Waals surface area contributed by atoms with E-state index in [1.54, 1.807) is 31.4 Å². The molecule has 0 unspecified atom stereocenters. The van der Waals surface area contributed by atoms with Crippen molar-refractivity contribution < 1.29 is 14.3 Å². The number of amides is 2. The highest BCUT2D eigenvalue weighted by Crippen LogP contribution is 2.16. The molecule has 3 rings (SSSR count). The van der Waals surface area contributed by atoms with E-state index in [1.165, 1.54) is 19.3 Å². The summed E-state index contributed by atoms with van der Waals surface area (Å²) in [6, 6.07) is 14.5. The number of carbonyl (C=O) groups excluding carboxylic acids is 2. The molecule has 0 bridgehead atoms. The molecule has 148 valence electrons. The average Bonchev–Trinajstić information content (AvgIpc) is 2.73. The third kappa shape index (κ3) is 5.77. The van der Waals surface area contributed by atoms with E-state index < -0.39 is 0 Å². The van der Waals surface area contributed by atoms with Gasteiger partial charge in [-0.25, -0.2) is 9.97 Å². The molecule has 8 nitrogen and oxygen atoms in total. The summed E-state index contributed by atoms with van der Waals surface area (Å²) < 4.78 is 5.13. The van der Waals surface area contributed by atoms with Crippen molar-refractivity contribution in [1.82, 2.24) is 9.97 Å². The zero-order valence-corrected chi connectivity index (χ0v) is 16.1. The number of hydrogen-bond donors (Lipinski definition) is 3. The minimum Gasteiger partial charge on any atom is -0.497 e. The predicted octanol–water partition coefficient (Wildman–Crippen LogP) is 3.31. The third-order valence-corrected chi connectivity index (χ3v) is 3.96. The molecule has 0 aliphatic rings. The maximum absolute atomic E-state index is 12.4. The number of methoxy groups -OCH3 is 1. The molecule has 0 spiro atoms. The van der Waals surface area contributed by atoms with E-state index in [1.807, 2.05) is 24.3 Å². The summed E-state index contributed by atoms with van der Waals surface area (Å²) in [7, 11) is 1.63. The molecule has 0 saturated heterocycles. The Balaban J connectivity index is 1.57. The predicted molar refractivity (Wildman–Crippen MR) is 111 cm³/mol. The molecule has 0 radical (unpaired) electrons. The lowest BCUT2D eigenvalue weighted by atomic mass is 10.2. The molecule has 1 heterocycles. The largest absolute Gasteiger partial charge is 0.497 e. The van der Waals surface area contributed by atoms with Gasteiger partial charge in [0, 0.05) is 24.8 Å². The van der Waals surface area contributed by atoms with Gasteiger partial charge in [0.15, 0.2) is 0 Å². The van der Waals surface area contributed by atoms with E-state index in [9.17, 15) is 9.59 Å². The molecule has 29 heavy (non-hydrogen) atoms. The first-order chi connectivity index (χ1) is 14.0. The normalized spacial score (nSPS) is 10.1. The first-order valence-corrected chi connectivity index (χ1v) is 8.91. The van der Waals surface area contributed by atoms with E-state index in [4.69, 9.17) is 4.74 Å². The lowest BCUT2D eigenvalue weighted by Gasteiger charge is -2.09. The fraction of sp³-hybridized carbons (Fsp3) is 0.143. The maximum atomic E-state index is 12.4. The molecule has 0 aliphatic carbocycles. The van der Waals surface area contributed by atoms with E-state index in [2.05, 4.69) is 25.9 Å². The van der Waals surface area contributed by atoms with Crippen molar-refractivity contribution in [2.75, 3.05) is 23.1 Å². The fourth-order valence-corrected chi connectivity index (χ4v) is 2.55. The van der Waals surface area contributed by atoms with Crippen molar-refractivity contribution >= 4 is 29.0 Å². The molecular weight excluding hydrogens is 370 g/mol. The molecule has 2 aromatic carbocycles. The third-order valence-electron chi connectivity index (χ3n) is 3.96. The highest BCUT2D eigenvalue weighted by Gasteiger charge is 2.09. The number of nitrogens with one attached hydrogen (secondary N) is 3. The van der Waals surface area contributed by atoms with Crippen LogP contribution in [0.1, 0.15) is 23.0 Å². The number of anilines is 3. The molecular formula is C21H21N5O3. The number of aromatic nitrogens is 2. The molecule has 3 aromatic rings. The summed E-state index contributed by atoms with van der Waals surface area (Å²) in [5, 5.41) is 8.55. The van der Waals surface area contributed by atoms with Crippen LogP contribution in [-0.2, 0) is 11.3 Å². The zero-order valence-electron chi connectivity index (χ0n) is 16.1. The Kier molecular flexibility index (Phi) is 6.36. The lowest BCUT2D eigenvalue weighted by Crippen LogP contribution is -2.15. The van der Waals surface area contributed by atoms with E-state index in [0.717, 1.165) is 11.3 Å². The molecule has 0 saturated carbocycles. The van der Waals surface area contributed by atoms with Crippen molar-refractivity contribution in [1.29, 1.82) is 0 Å². The second kappa shape index (κ2) is 9.32. The standard InChI is InChI=1S/C21H21N5O3/c1-14(27)25-16-4-3-5-17(10-16)26-21(28)19-12-24-20(13-22-19)23-11-15-6-8-18(29-2)9-7-15/h3-10,12-13H,11H2,1-2H3,(H,23,24)(H,25,27)(H,26,28). The highest BCUT2D eigenvalue weighted by atomic mass is 16.5. The summed E-state index contributed by atoms with van der Waals surface area (Å²) in [5.41, 5.74) is 2.39. The van der Waals surface area contributed by atoms with E-state index >= 15 is 0 Å². The second-order valence-corrected chi connectivity index (χ2v) is 6.20.